The number of ether oxygens (including phenoxy) is 1. The number of esters is 1. The Morgan fingerprint density at radius 2 is 2.22 bits per heavy atom. The summed E-state index contributed by atoms with van der Waals surface area (Å²) in [6, 6.07) is 7.65. The van der Waals surface area contributed by atoms with Crippen LogP contribution in [-0.4, -0.2) is 30.5 Å². The molecular formula is C16H17Cl2N3O2. The summed E-state index contributed by atoms with van der Waals surface area (Å²) in [5, 5.41) is 2.98. The number of carbonyl (C=O) groups excluding carboxylic acids is 1. The van der Waals surface area contributed by atoms with Crippen LogP contribution in [0.25, 0.3) is 0 Å². The van der Waals surface area contributed by atoms with Gasteiger partial charge in [-0.3, -0.25) is 5.01 Å². The van der Waals surface area contributed by atoms with E-state index in [9.17, 15) is 4.79 Å². The lowest BCUT2D eigenvalue weighted by Gasteiger charge is -2.30. The van der Waals surface area contributed by atoms with Gasteiger partial charge in [0.2, 0.25) is 0 Å². The largest absolute Gasteiger partial charge is 0.464 e. The zero-order valence-corrected chi connectivity index (χ0v) is 14.2. The van der Waals surface area contributed by atoms with Gasteiger partial charge in [0, 0.05) is 17.5 Å². The van der Waals surface area contributed by atoms with E-state index >= 15 is 0 Å². The van der Waals surface area contributed by atoms with Gasteiger partial charge in [-0.2, -0.15) is 0 Å². The average Bonchev–Trinajstić information content (AvgIpc) is 3.37. The number of hydrazine groups is 1. The molecule has 1 aromatic carbocycles. The number of nitrogens with zero attached hydrogens (tertiary/aromatic N) is 2. The zero-order valence-electron chi connectivity index (χ0n) is 12.7. The van der Waals surface area contributed by atoms with Gasteiger partial charge in [0.05, 0.1) is 18.7 Å². The van der Waals surface area contributed by atoms with Crippen molar-refractivity contribution in [2.45, 2.75) is 19.4 Å². The monoisotopic (exact) mass is 353 g/mol. The van der Waals surface area contributed by atoms with Gasteiger partial charge >= 0.3 is 5.97 Å². The molecule has 0 atom stereocenters. The Morgan fingerprint density at radius 1 is 1.43 bits per heavy atom. The van der Waals surface area contributed by atoms with Crippen molar-refractivity contribution in [2.75, 3.05) is 13.7 Å². The molecule has 1 N–H and O–H groups in total. The topological polar surface area (TPSA) is 53.9 Å². The molecule has 122 valence electrons. The Balaban J connectivity index is 1.74. The Bertz CT molecular complexity index is 684. The van der Waals surface area contributed by atoms with Crippen LogP contribution in [0.1, 0.15) is 18.4 Å². The third kappa shape index (κ3) is 3.86. The molecule has 1 aromatic rings. The Labute approximate surface area is 144 Å². The maximum absolute atomic E-state index is 11.8. The van der Waals surface area contributed by atoms with Crippen LogP contribution in [0.4, 0.5) is 0 Å². The van der Waals surface area contributed by atoms with Gasteiger partial charge < -0.3 is 4.74 Å². The number of hydrogen-bond acceptors (Lipinski definition) is 5. The molecule has 1 aliphatic heterocycles. The van der Waals surface area contributed by atoms with Crippen LogP contribution in [0, 0.1) is 5.92 Å². The second kappa shape index (κ2) is 6.91. The Morgan fingerprint density at radius 3 is 2.87 bits per heavy atom. The molecule has 7 heteroatoms. The summed E-state index contributed by atoms with van der Waals surface area (Å²) >= 11 is 12.2. The summed E-state index contributed by atoms with van der Waals surface area (Å²) in [5.41, 5.74) is 4.58. The molecule has 3 rings (SSSR count). The smallest absolute Gasteiger partial charge is 0.358 e. The van der Waals surface area contributed by atoms with Gasteiger partial charge in [-0.05, 0) is 30.5 Å². The highest BCUT2D eigenvalue weighted by Gasteiger charge is 2.35. The summed E-state index contributed by atoms with van der Waals surface area (Å²) in [6.45, 7) is 0.992. The van der Waals surface area contributed by atoms with Crippen LogP contribution in [0.3, 0.4) is 0 Å². The number of aliphatic imine (C=N–C) groups is 1. The first kappa shape index (κ1) is 16.3. The van der Waals surface area contributed by atoms with E-state index in [2.05, 4.69) is 10.4 Å². The lowest BCUT2D eigenvalue weighted by molar-refractivity contribution is -0.136. The molecule has 0 radical (unpaired) electrons. The minimum absolute atomic E-state index is 0.205. The molecular weight excluding hydrogens is 337 g/mol. The molecule has 0 unspecified atom stereocenters. The molecule has 1 heterocycles. The predicted molar refractivity (Wildman–Crippen MR) is 90.1 cm³/mol. The van der Waals surface area contributed by atoms with Crippen LogP contribution >= 0.6 is 23.2 Å². The summed E-state index contributed by atoms with van der Waals surface area (Å²) in [4.78, 5) is 16.2. The SMILES string of the molecule is COC(=O)C1=C(Cl)CN(NCc2cccc(Cl)c2)C(C2CC2)=N1. The number of rotatable bonds is 5. The summed E-state index contributed by atoms with van der Waals surface area (Å²) in [7, 11) is 1.33. The zero-order chi connectivity index (χ0) is 16.4. The van der Waals surface area contributed by atoms with E-state index in [1.165, 1.54) is 7.11 Å². The number of halogens is 2. The van der Waals surface area contributed by atoms with Crippen LogP contribution < -0.4 is 5.43 Å². The van der Waals surface area contributed by atoms with Gasteiger partial charge in [0.1, 0.15) is 5.84 Å². The fraction of sp³-hybridized carbons (Fsp3) is 0.375. The first-order chi connectivity index (χ1) is 11.1. The number of carbonyl (C=O) groups is 1. The highest BCUT2D eigenvalue weighted by molar-refractivity contribution is 6.32. The van der Waals surface area contributed by atoms with Crippen molar-refractivity contribution in [1.82, 2.24) is 10.4 Å². The van der Waals surface area contributed by atoms with Crippen molar-refractivity contribution in [3.63, 3.8) is 0 Å². The molecule has 0 amide bonds. The molecule has 1 aliphatic carbocycles. The lowest BCUT2D eigenvalue weighted by atomic mass is 10.2. The van der Waals surface area contributed by atoms with Crippen molar-refractivity contribution < 1.29 is 9.53 Å². The molecule has 1 fully saturated rings. The standard InChI is InChI=1S/C16H17Cl2N3O2/c1-23-16(22)14-13(18)9-21(15(20-14)11-5-6-11)19-8-10-3-2-4-12(17)7-10/h2-4,7,11,19H,5-6,8-9H2,1H3. The summed E-state index contributed by atoms with van der Waals surface area (Å²) in [5.74, 6) is 0.714. The van der Waals surface area contributed by atoms with Crippen molar-refractivity contribution in [3.05, 3.63) is 45.6 Å². The Kier molecular flexibility index (Phi) is 4.90. The summed E-state index contributed by atoms with van der Waals surface area (Å²) in [6.07, 6.45) is 2.14. The molecule has 0 saturated heterocycles. The number of methoxy groups -OCH3 is 1. The highest BCUT2D eigenvalue weighted by atomic mass is 35.5. The molecule has 0 bridgehead atoms. The quantitative estimate of drug-likeness (QED) is 0.826. The Hall–Kier alpha value is -1.56. The van der Waals surface area contributed by atoms with Gasteiger partial charge in [0.15, 0.2) is 5.70 Å². The lowest BCUT2D eigenvalue weighted by Crippen LogP contribution is -2.46. The van der Waals surface area contributed by atoms with Crippen molar-refractivity contribution in [2.24, 2.45) is 10.9 Å². The van der Waals surface area contributed by atoms with E-state index in [1.807, 2.05) is 29.3 Å². The maximum atomic E-state index is 11.8. The van der Waals surface area contributed by atoms with Gasteiger partial charge in [-0.15, -0.1) is 0 Å². The van der Waals surface area contributed by atoms with Gasteiger partial charge in [-0.25, -0.2) is 15.2 Å². The van der Waals surface area contributed by atoms with E-state index < -0.39 is 5.97 Å². The fourth-order valence-electron chi connectivity index (χ4n) is 2.41. The second-order valence-corrected chi connectivity index (χ2v) is 6.43. The third-order valence-electron chi connectivity index (χ3n) is 3.74. The van der Waals surface area contributed by atoms with Crippen molar-refractivity contribution >= 4 is 35.0 Å². The van der Waals surface area contributed by atoms with Gasteiger partial charge in [-0.1, -0.05) is 35.3 Å². The van der Waals surface area contributed by atoms with E-state index in [0.717, 1.165) is 24.2 Å². The minimum Gasteiger partial charge on any atom is -0.464 e. The molecule has 0 spiro atoms. The second-order valence-electron chi connectivity index (χ2n) is 5.54. The first-order valence-corrected chi connectivity index (χ1v) is 8.15. The number of nitrogens with one attached hydrogen (secondary N) is 1. The maximum Gasteiger partial charge on any atom is 0.358 e. The first-order valence-electron chi connectivity index (χ1n) is 7.39. The molecule has 23 heavy (non-hydrogen) atoms. The van der Waals surface area contributed by atoms with E-state index in [0.29, 0.717) is 29.1 Å². The van der Waals surface area contributed by atoms with Crippen molar-refractivity contribution in [3.8, 4) is 0 Å². The normalized spacial score (nSPS) is 18.0. The average molecular weight is 354 g/mol. The third-order valence-corrected chi connectivity index (χ3v) is 4.27. The molecule has 1 saturated carbocycles. The fourth-order valence-corrected chi connectivity index (χ4v) is 2.86. The number of hydrogen-bond donors (Lipinski definition) is 1. The van der Waals surface area contributed by atoms with Crippen LogP contribution in [0.15, 0.2) is 40.0 Å². The number of benzene rings is 1. The predicted octanol–water partition coefficient (Wildman–Crippen LogP) is 3.09. The van der Waals surface area contributed by atoms with Crippen LogP contribution in [0.5, 0.6) is 0 Å². The molecule has 2 aliphatic rings. The summed E-state index contributed by atoms with van der Waals surface area (Å²) < 4.78 is 4.74. The minimum atomic E-state index is -0.498. The van der Waals surface area contributed by atoms with E-state index in [-0.39, 0.29) is 5.70 Å². The molecule has 5 nitrogen and oxygen atoms in total. The van der Waals surface area contributed by atoms with E-state index in [1.54, 1.807) is 0 Å². The molecule has 0 aromatic heterocycles. The number of amidine groups is 1. The van der Waals surface area contributed by atoms with Crippen molar-refractivity contribution in [1.29, 1.82) is 0 Å². The van der Waals surface area contributed by atoms with Gasteiger partial charge in [0.25, 0.3) is 0 Å². The van der Waals surface area contributed by atoms with E-state index in [4.69, 9.17) is 27.9 Å². The van der Waals surface area contributed by atoms with Crippen LogP contribution in [-0.2, 0) is 16.1 Å². The highest BCUT2D eigenvalue weighted by Crippen LogP contribution is 2.35. The van der Waals surface area contributed by atoms with Crippen LogP contribution in [0.2, 0.25) is 5.02 Å².